The lowest BCUT2D eigenvalue weighted by Crippen LogP contribution is -2.29. The normalized spacial score (nSPS) is 10.0. The standard InChI is InChI=1S/C12H12N4O2/c13-10-6-7-16(12(18)15-10)8-11(17)14-9-4-2-1-3-5-9/h1-7H,8H2,(H,14,17)(H2,13,15,18). The van der Waals surface area contributed by atoms with Gasteiger partial charge < -0.3 is 11.1 Å². The second-order valence-corrected chi connectivity index (χ2v) is 3.68. The van der Waals surface area contributed by atoms with Gasteiger partial charge in [0.25, 0.3) is 0 Å². The van der Waals surface area contributed by atoms with E-state index in [1.807, 2.05) is 18.2 Å². The quantitative estimate of drug-likeness (QED) is 0.821. The number of nitrogens with one attached hydrogen (secondary N) is 1. The van der Waals surface area contributed by atoms with Gasteiger partial charge in [-0.2, -0.15) is 4.98 Å². The first-order chi connectivity index (χ1) is 8.65. The first-order valence-corrected chi connectivity index (χ1v) is 5.33. The van der Waals surface area contributed by atoms with Gasteiger partial charge >= 0.3 is 5.69 Å². The number of benzene rings is 1. The number of aromatic nitrogens is 2. The Labute approximate surface area is 103 Å². The molecule has 92 valence electrons. The van der Waals surface area contributed by atoms with Gasteiger partial charge in [-0.25, -0.2) is 4.79 Å². The Balaban J connectivity index is 2.06. The number of amides is 1. The lowest BCUT2D eigenvalue weighted by atomic mass is 10.3. The predicted octanol–water partition coefficient (Wildman–Crippen LogP) is 0.464. The molecule has 0 bridgehead atoms. The fraction of sp³-hybridized carbons (Fsp3) is 0.0833. The number of rotatable bonds is 3. The summed E-state index contributed by atoms with van der Waals surface area (Å²) in [5, 5.41) is 2.67. The Morgan fingerprint density at radius 2 is 2.00 bits per heavy atom. The van der Waals surface area contributed by atoms with Crippen LogP contribution in [0.15, 0.2) is 47.4 Å². The number of nitrogens with two attached hydrogens (primary N) is 1. The van der Waals surface area contributed by atoms with Crippen LogP contribution in [0, 0.1) is 0 Å². The van der Waals surface area contributed by atoms with Crippen molar-refractivity contribution in [3.63, 3.8) is 0 Å². The van der Waals surface area contributed by atoms with Crippen molar-refractivity contribution in [2.75, 3.05) is 11.1 Å². The summed E-state index contributed by atoms with van der Waals surface area (Å²) in [5.74, 6) is -0.158. The van der Waals surface area contributed by atoms with E-state index in [1.54, 1.807) is 12.1 Å². The van der Waals surface area contributed by atoms with Crippen molar-refractivity contribution in [3.8, 4) is 0 Å². The molecule has 6 heteroatoms. The molecule has 0 atom stereocenters. The van der Waals surface area contributed by atoms with Gasteiger partial charge in [-0.1, -0.05) is 18.2 Å². The smallest absolute Gasteiger partial charge is 0.349 e. The molecule has 2 aromatic rings. The second-order valence-electron chi connectivity index (χ2n) is 3.68. The van der Waals surface area contributed by atoms with Crippen LogP contribution in [-0.4, -0.2) is 15.5 Å². The Bertz CT molecular complexity index is 607. The van der Waals surface area contributed by atoms with Gasteiger partial charge in [0.05, 0.1) is 0 Å². The highest BCUT2D eigenvalue weighted by atomic mass is 16.2. The van der Waals surface area contributed by atoms with Crippen molar-refractivity contribution in [1.82, 2.24) is 9.55 Å². The number of nitrogen functional groups attached to an aromatic ring is 1. The average Bonchev–Trinajstić information content (AvgIpc) is 2.34. The minimum absolute atomic E-state index is 0.0962. The molecule has 1 amide bonds. The molecular formula is C12H12N4O2. The SMILES string of the molecule is Nc1ccn(CC(=O)Nc2ccccc2)c(=O)n1. The average molecular weight is 244 g/mol. The van der Waals surface area contributed by atoms with Crippen molar-refractivity contribution in [2.24, 2.45) is 0 Å². The largest absolute Gasteiger partial charge is 0.383 e. The van der Waals surface area contributed by atoms with Crippen molar-refractivity contribution in [2.45, 2.75) is 6.54 Å². The molecular weight excluding hydrogens is 232 g/mol. The van der Waals surface area contributed by atoms with Crippen LogP contribution in [0.4, 0.5) is 11.5 Å². The van der Waals surface area contributed by atoms with Crippen LogP contribution in [0.3, 0.4) is 0 Å². The summed E-state index contributed by atoms with van der Waals surface area (Å²) in [6.45, 7) is -0.0962. The first kappa shape index (κ1) is 11.8. The Morgan fingerprint density at radius 3 is 2.67 bits per heavy atom. The van der Waals surface area contributed by atoms with E-state index in [1.165, 1.54) is 16.8 Å². The zero-order chi connectivity index (χ0) is 13.0. The number of hydrogen-bond acceptors (Lipinski definition) is 4. The molecule has 1 aromatic carbocycles. The maximum absolute atomic E-state index is 11.7. The van der Waals surface area contributed by atoms with Gasteiger partial charge in [-0.15, -0.1) is 0 Å². The van der Waals surface area contributed by atoms with Crippen molar-refractivity contribution in [1.29, 1.82) is 0 Å². The minimum Gasteiger partial charge on any atom is -0.383 e. The number of hydrogen-bond donors (Lipinski definition) is 2. The Kier molecular flexibility index (Phi) is 3.38. The molecule has 0 spiro atoms. The molecule has 0 aliphatic heterocycles. The van der Waals surface area contributed by atoms with Gasteiger partial charge in [-0.05, 0) is 18.2 Å². The van der Waals surface area contributed by atoms with E-state index >= 15 is 0 Å². The maximum Gasteiger partial charge on any atom is 0.349 e. The van der Waals surface area contributed by atoms with Crippen LogP contribution in [0.2, 0.25) is 0 Å². The van der Waals surface area contributed by atoms with Gasteiger partial charge in [0.2, 0.25) is 5.91 Å². The number of carbonyl (C=O) groups excluding carboxylic acids is 1. The van der Waals surface area contributed by atoms with E-state index in [0.29, 0.717) is 5.69 Å². The second kappa shape index (κ2) is 5.13. The van der Waals surface area contributed by atoms with Gasteiger partial charge in [0, 0.05) is 11.9 Å². The molecule has 0 fully saturated rings. The molecule has 2 rings (SSSR count). The third-order valence-corrected chi connectivity index (χ3v) is 2.27. The monoisotopic (exact) mass is 244 g/mol. The van der Waals surface area contributed by atoms with E-state index in [9.17, 15) is 9.59 Å². The molecule has 6 nitrogen and oxygen atoms in total. The molecule has 0 unspecified atom stereocenters. The van der Waals surface area contributed by atoms with Gasteiger partial charge in [0.15, 0.2) is 0 Å². The molecule has 0 saturated heterocycles. The summed E-state index contributed by atoms with van der Waals surface area (Å²) in [4.78, 5) is 26.6. The highest BCUT2D eigenvalue weighted by molar-refractivity contribution is 5.90. The molecule has 18 heavy (non-hydrogen) atoms. The van der Waals surface area contributed by atoms with Crippen LogP contribution < -0.4 is 16.7 Å². The number of nitrogens with zero attached hydrogens (tertiary/aromatic N) is 2. The van der Waals surface area contributed by atoms with Crippen molar-refractivity contribution in [3.05, 3.63) is 53.1 Å². The summed E-state index contributed by atoms with van der Waals surface area (Å²) in [7, 11) is 0. The van der Waals surface area contributed by atoms with Crippen LogP contribution in [-0.2, 0) is 11.3 Å². The summed E-state index contributed by atoms with van der Waals surface area (Å²) in [6.07, 6.45) is 1.44. The molecule has 0 saturated carbocycles. The molecule has 3 N–H and O–H groups in total. The summed E-state index contributed by atoms with van der Waals surface area (Å²) < 4.78 is 1.19. The van der Waals surface area contributed by atoms with E-state index in [2.05, 4.69) is 10.3 Å². The maximum atomic E-state index is 11.7. The number of para-hydroxylation sites is 1. The van der Waals surface area contributed by atoms with Gasteiger partial charge in [0.1, 0.15) is 12.4 Å². The van der Waals surface area contributed by atoms with Crippen LogP contribution in [0.25, 0.3) is 0 Å². The predicted molar refractivity (Wildman–Crippen MR) is 68.0 cm³/mol. The molecule has 0 aliphatic rings. The lowest BCUT2D eigenvalue weighted by molar-refractivity contribution is -0.116. The number of carbonyl (C=O) groups is 1. The third kappa shape index (κ3) is 2.94. The van der Waals surface area contributed by atoms with E-state index in [4.69, 9.17) is 5.73 Å². The highest BCUT2D eigenvalue weighted by Gasteiger charge is 2.05. The Morgan fingerprint density at radius 1 is 1.28 bits per heavy atom. The third-order valence-electron chi connectivity index (χ3n) is 2.27. The summed E-state index contributed by atoms with van der Waals surface area (Å²) >= 11 is 0. The van der Waals surface area contributed by atoms with Crippen LogP contribution in [0.5, 0.6) is 0 Å². The summed E-state index contributed by atoms with van der Waals surface area (Å²) in [5.41, 5.74) is 5.49. The fourth-order valence-corrected chi connectivity index (χ4v) is 1.44. The van der Waals surface area contributed by atoms with E-state index in [0.717, 1.165) is 0 Å². The topological polar surface area (TPSA) is 90.0 Å². The van der Waals surface area contributed by atoms with E-state index in [-0.39, 0.29) is 18.3 Å². The Hall–Kier alpha value is -2.63. The zero-order valence-corrected chi connectivity index (χ0v) is 9.54. The molecule has 1 aromatic heterocycles. The van der Waals surface area contributed by atoms with Crippen molar-refractivity contribution >= 4 is 17.4 Å². The van der Waals surface area contributed by atoms with E-state index < -0.39 is 5.69 Å². The van der Waals surface area contributed by atoms with Crippen molar-refractivity contribution < 1.29 is 4.79 Å². The van der Waals surface area contributed by atoms with Gasteiger partial charge in [-0.3, -0.25) is 9.36 Å². The first-order valence-electron chi connectivity index (χ1n) is 5.33. The summed E-state index contributed by atoms with van der Waals surface area (Å²) in [6, 6.07) is 10.5. The fourth-order valence-electron chi connectivity index (χ4n) is 1.44. The lowest BCUT2D eigenvalue weighted by Gasteiger charge is -2.06. The minimum atomic E-state index is -0.543. The zero-order valence-electron chi connectivity index (χ0n) is 9.54. The molecule has 1 heterocycles. The van der Waals surface area contributed by atoms with Crippen LogP contribution in [0.1, 0.15) is 0 Å². The molecule has 0 aliphatic carbocycles. The highest BCUT2D eigenvalue weighted by Crippen LogP contribution is 2.04. The van der Waals surface area contributed by atoms with Crippen LogP contribution >= 0.6 is 0 Å². The molecule has 0 radical (unpaired) electrons. The number of anilines is 2.